The van der Waals surface area contributed by atoms with Gasteiger partial charge in [-0.05, 0) is 29.9 Å². The Balaban J connectivity index is 2.22. The highest BCUT2D eigenvalue weighted by molar-refractivity contribution is 9.10. The first-order chi connectivity index (χ1) is 7.25. The number of rotatable bonds is 2. The molecule has 0 radical (unpaired) electrons. The van der Waals surface area contributed by atoms with Gasteiger partial charge in [0.15, 0.2) is 4.77 Å². The van der Waals surface area contributed by atoms with Gasteiger partial charge in [-0.1, -0.05) is 28.1 Å². The van der Waals surface area contributed by atoms with Crippen LogP contribution in [-0.4, -0.2) is 15.9 Å². The predicted molar refractivity (Wildman–Crippen MR) is 66.8 cm³/mol. The number of imidazole rings is 1. The number of aromatic nitrogens is 2. The molecule has 0 aliphatic rings. The molecule has 1 aromatic carbocycles. The number of nitrogens with one attached hydrogen (secondary N) is 1. The van der Waals surface area contributed by atoms with Crippen molar-refractivity contribution in [3.05, 3.63) is 51.5 Å². The summed E-state index contributed by atoms with van der Waals surface area (Å²) in [5, 5.41) is 4.21. The second-order valence-electron chi connectivity index (χ2n) is 2.91. The minimum Gasteiger partial charge on any atom is -0.336 e. The molecule has 0 bridgehead atoms. The Hall–Kier alpha value is -1.20. The van der Waals surface area contributed by atoms with Crippen molar-refractivity contribution in [3.8, 4) is 0 Å². The fourth-order valence-corrected chi connectivity index (χ4v) is 1.52. The lowest BCUT2D eigenvalue weighted by Gasteiger charge is -1.93. The summed E-state index contributed by atoms with van der Waals surface area (Å²) in [6, 6.07) is 7.89. The molecular weight excluding hydrogens is 274 g/mol. The summed E-state index contributed by atoms with van der Waals surface area (Å²) in [5.41, 5.74) is 1.03. The second kappa shape index (κ2) is 4.55. The SMILES string of the molecule is S=c1[nH]ccn1N=Cc1ccc(Br)cc1. The highest BCUT2D eigenvalue weighted by Crippen LogP contribution is 2.09. The lowest BCUT2D eigenvalue weighted by molar-refractivity contribution is 0.864. The van der Waals surface area contributed by atoms with Gasteiger partial charge in [0.25, 0.3) is 0 Å². The van der Waals surface area contributed by atoms with Gasteiger partial charge in [-0.2, -0.15) is 5.10 Å². The van der Waals surface area contributed by atoms with E-state index in [1.807, 2.05) is 24.3 Å². The number of H-pyrrole nitrogens is 1. The lowest BCUT2D eigenvalue weighted by atomic mass is 10.2. The van der Waals surface area contributed by atoms with E-state index in [-0.39, 0.29) is 0 Å². The summed E-state index contributed by atoms with van der Waals surface area (Å²) in [7, 11) is 0. The van der Waals surface area contributed by atoms with E-state index in [0.717, 1.165) is 10.0 Å². The Bertz CT molecular complexity index is 524. The van der Waals surface area contributed by atoms with Crippen LogP contribution < -0.4 is 0 Å². The number of benzene rings is 1. The molecule has 3 nitrogen and oxygen atoms in total. The molecule has 1 heterocycles. The molecule has 0 aliphatic heterocycles. The Morgan fingerprint density at radius 1 is 1.33 bits per heavy atom. The number of nitrogens with zero attached hydrogens (tertiary/aromatic N) is 2. The molecule has 1 N–H and O–H groups in total. The molecule has 0 atom stereocenters. The van der Waals surface area contributed by atoms with Crippen molar-refractivity contribution in [3.63, 3.8) is 0 Å². The summed E-state index contributed by atoms with van der Waals surface area (Å²) < 4.78 is 3.25. The van der Waals surface area contributed by atoms with Crippen LogP contribution in [0.1, 0.15) is 5.56 Å². The standard InChI is InChI=1S/C10H8BrN3S/c11-9-3-1-8(2-4-9)7-13-14-6-5-12-10(14)15/h1-7H,(H,12,15). The minimum atomic E-state index is 0.586. The molecule has 0 amide bonds. The molecular formula is C10H8BrN3S. The zero-order valence-electron chi connectivity index (χ0n) is 7.72. The van der Waals surface area contributed by atoms with E-state index in [0.29, 0.717) is 4.77 Å². The van der Waals surface area contributed by atoms with Crippen LogP contribution in [0.25, 0.3) is 0 Å². The van der Waals surface area contributed by atoms with E-state index in [4.69, 9.17) is 12.2 Å². The third-order valence-electron chi connectivity index (χ3n) is 1.83. The minimum absolute atomic E-state index is 0.586. The van der Waals surface area contributed by atoms with E-state index in [1.54, 1.807) is 23.3 Å². The largest absolute Gasteiger partial charge is 0.336 e. The van der Waals surface area contributed by atoms with Crippen LogP contribution >= 0.6 is 28.1 Å². The third-order valence-corrected chi connectivity index (χ3v) is 2.67. The normalized spacial score (nSPS) is 11.0. The highest BCUT2D eigenvalue weighted by Gasteiger charge is 1.89. The number of hydrogen-bond acceptors (Lipinski definition) is 2. The molecule has 2 aromatic rings. The monoisotopic (exact) mass is 281 g/mol. The van der Waals surface area contributed by atoms with Crippen LogP contribution in [0.15, 0.2) is 46.2 Å². The van der Waals surface area contributed by atoms with Crippen LogP contribution in [0.2, 0.25) is 0 Å². The van der Waals surface area contributed by atoms with Crippen molar-refractivity contribution in [2.45, 2.75) is 0 Å². The Morgan fingerprint density at radius 2 is 2.07 bits per heavy atom. The van der Waals surface area contributed by atoms with Crippen molar-refractivity contribution in [2.75, 3.05) is 0 Å². The fraction of sp³-hybridized carbons (Fsp3) is 0. The molecule has 2 rings (SSSR count). The van der Waals surface area contributed by atoms with Gasteiger partial charge in [-0.3, -0.25) is 0 Å². The maximum atomic E-state index is 5.01. The molecule has 76 valence electrons. The highest BCUT2D eigenvalue weighted by atomic mass is 79.9. The molecule has 0 spiro atoms. The van der Waals surface area contributed by atoms with E-state index < -0.39 is 0 Å². The smallest absolute Gasteiger partial charge is 0.198 e. The van der Waals surface area contributed by atoms with E-state index >= 15 is 0 Å². The lowest BCUT2D eigenvalue weighted by Crippen LogP contribution is -1.88. The maximum Gasteiger partial charge on any atom is 0.198 e. The van der Waals surface area contributed by atoms with E-state index in [9.17, 15) is 0 Å². The summed E-state index contributed by atoms with van der Waals surface area (Å²) in [5.74, 6) is 0. The molecule has 0 saturated heterocycles. The van der Waals surface area contributed by atoms with Gasteiger partial charge in [0.05, 0.1) is 6.21 Å². The third kappa shape index (κ3) is 2.64. The first-order valence-corrected chi connectivity index (χ1v) is 5.52. The molecule has 0 unspecified atom stereocenters. The quantitative estimate of drug-likeness (QED) is 0.666. The molecule has 0 saturated carbocycles. The number of hydrogen-bond donors (Lipinski definition) is 1. The van der Waals surface area contributed by atoms with Crippen molar-refractivity contribution in [1.82, 2.24) is 9.66 Å². The van der Waals surface area contributed by atoms with Gasteiger partial charge >= 0.3 is 0 Å². The average molecular weight is 282 g/mol. The first kappa shape index (κ1) is 10.3. The number of aromatic amines is 1. The molecule has 15 heavy (non-hydrogen) atoms. The predicted octanol–water partition coefficient (Wildman–Crippen LogP) is 3.19. The summed E-state index contributed by atoms with van der Waals surface area (Å²) in [4.78, 5) is 2.87. The Labute approximate surface area is 101 Å². The molecule has 0 fully saturated rings. The Morgan fingerprint density at radius 3 is 2.67 bits per heavy atom. The van der Waals surface area contributed by atoms with Crippen LogP contribution in [0.4, 0.5) is 0 Å². The van der Waals surface area contributed by atoms with Gasteiger partial charge in [0.2, 0.25) is 0 Å². The van der Waals surface area contributed by atoms with Crippen molar-refractivity contribution in [2.24, 2.45) is 5.10 Å². The molecule has 5 heteroatoms. The van der Waals surface area contributed by atoms with Crippen LogP contribution in [-0.2, 0) is 0 Å². The van der Waals surface area contributed by atoms with Gasteiger partial charge in [0, 0.05) is 16.9 Å². The van der Waals surface area contributed by atoms with Crippen LogP contribution in [0.3, 0.4) is 0 Å². The Kier molecular flexibility index (Phi) is 3.13. The van der Waals surface area contributed by atoms with Crippen molar-refractivity contribution < 1.29 is 0 Å². The molecule has 1 aromatic heterocycles. The maximum absolute atomic E-state index is 5.01. The summed E-state index contributed by atoms with van der Waals surface area (Å²) in [6.45, 7) is 0. The van der Waals surface area contributed by atoms with Gasteiger partial charge in [-0.25, -0.2) is 4.68 Å². The topological polar surface area (TPSA) is 33.1 Å². The van der Waals surface area contributed by atoms with Crippen molar-refractivity contribution >= 4 is 34.4 Å². The second-order valence-corrected chi connectivity index (χ2v) is 4.21. The van der Waals surface area contributed by atoms with E-state index in [1.165, 1.54) is 0 Å². The zero-order chi connectivity index (χ0) is 10.7. The van der Waals surface area contributed by atoms with Gasteiger partial charge in [-0.15, -0.1) is 0 Å². The van der Waals surface area contributed by atoms with Gasteiger partial charge < -0.3 is 4.98 Å². The van der Waals surface area contributed by atoms with Crippen LogP contribution in [0.5, 0.6) is 0 Å². The average Bonchev–Trinajstić information content (AvgIpc) is 2.63. The summed E-state index contributed by atoms with van der Waals surface area (Å²) >= 11 is 8.38. The fourth-order valence-electron chi connectivity index (χ4n) is 1.08. The van der Waals surface area contributed by atoms with Crippen LogP contribution in [0, 0.1) is 4.77 Å². The zero-order valence-corrected chi connectivity index (χ0v) is 10.1. The molecule has 0 aliphatic carbocycles. The number of halogens is 1. The van der Waals surface area contributed by atoms with Gasteiger partial charge in [0.1, 0.15) is 0 Å². The first-order valence-electron chi connectivity index (χ1n) is 4.32. The van der Waals surface area contributed by atoms with E-state index in [2.05, 4.69) is 26.0 Å². The van der Waals surface area contributed by atoms with Crippen molar-refractivity contribution in [1.29, 1.82) is 0 Å². The summed E-state index contributed by atoms with van der Waals surface area (Å²) in [6.07, 6.45) is 5.29.